The van der Waals surface area contributed by atoms with Crippen LogP contribution in [0.25, 0.3) is 0 Å². The molecule has 2 fully saturated rings. The van der Waals surface area contributed by atoms with Gasteiger partial charge in [0.1, 0.15) is 5.75 Å². The molecule has 0 saturated carbocycles. The van der Waals surface area contributed by atoms with Gasteiger partial charge in [-0.15, -0.1) is 12.4 Å². The zero-order valence-electron chi connectivity index (χ0n) is 14.0. The SMILES string of the molecule is CC(C)Oc1cccc(CC(=O)N2C3CCNCC2CC3)c1.Cl. The molecule has 3 rings (SSSR count). The second-order valence-corrected chi connectivity index (χ2v) is 6.67. The summed E-state index contributed by atoms with van der Waals surface area (Å²) in [6, 6.07) is 8.75. The number of benzene rings is 1. The fourth-order valence-corrected chi connectivity index (χ4v) is 3.66. The van der Waals surface area contributed by atoms with E-state index in [1.165, 1.54) is 0 Å². The number of rotatable bonds is 4. The largest absolute Gasteiger partial charge is 0.491 e. The number of carbonyl (C=O) groups is 1. The Morgan fingerprint density at radius 3 is 2.87 bits per heavy atom. The molecule has 0 aliphatic carbocycles. The van der Waals surface area contributed by atoms with Crippen molar-refractivity contribution in [3.8, 4) is 5.75 Å². The summed E-state index contributed by atoms with van der Waals surface area (Å²) in [5.41, 5.74) is 1.04. The number of nitrogens with one attached hydrogen (secondary N) is 1. The summed E-state index contributed by atoms with van der Waals surface area (Å²) in [5.74, 6) is 1.11. The van der Waals surface area contributed by atoms with Gasteiger partial charge in [-0.25, -0.2) is 0 Å². The minimum atomic E-state index is 0. The van der Waals surface area contributed by atoms with Gasteiger partial charge in [-0.2, -0.15) is 0 Å². The lowest BCUT2D eigenvalue weighted by atomic mass is 10.1. The summed E-state index contributed by atoms with van der Waals surface area (Å²) < 4.78 is 5.72. The molecule has 2 heterocycles. The maximum Gasteiger partial charge on any atom is 0.227 e. The van der Waals surface area contributed by atoms with Crippen LogP contribution in [0, 0.1) is 0 Å². The second-order valence-electron chi connectivity index (χ2n) is 6.67. The van der Waals surface area contributed by atoms with E-state index in [9.17, 15) is 4.79 Å². The Kier molecular flexibility index (Phi) is 6.31. The Bertz CT molecular complexity index is 522. The Morgan fingerprint density at radius 2 is 2.09 bits per heavy atom. The molecule has 4 nitrogen and oxygen atoms in total. The van der Waals surface area contributed by atoms with Crippen molar-refractivity contribution >= 4 is 18.3 Å². The third-order valence-corrected chi connectivity index (χ3v) is 4.57. The van der Waals surface area contributed by atoms with Crippen LogP contribution in [0.15, 0.2) is 24.3 Å². The molecule has 1 aromatic carbocycles. The zero-order chi connectivity index (χ0) is 15.5. The van der Waals surface area contributed by atoms with E-state index in [0.717, 1.165) is 43.7 Å². The van der Waals surface area contributed by atoms with Crippen molar-refractivity contribution in [2.75, 3.05) is 13.1 Å². The van der Waals surface area contributed by atoms with Crippen molar-refractivity contribution in [2.45, 2.75) is 57.7 Å². The molecular formula is C18H27ClN2O2. The molecule has 23 heavy (non-hydrogen) atoms. The lowest BCUT2D eigenvalue weighted by Gasteiger charge is -2.28. The van der Waals surface area contributed by atoms with Crippen LogP contribution >= 0.6 is 12.4 Å². The van der Waals surface area contributed by atoms with Crippen LogP contribution in [-0.4, -0.2) is 42.1 Å². The van der Waals surface area contributed by atoms with Gasteiger partial charge in [-0.3, -0.25) is 4.79 Å². The molecule has 2 aliphatic heterocycles. The maximum atomic E-state index is 12.8. The first-order chi connectivity index (χ1) is 10.6. The van der Waals surface area contributed by atoms with E-state index in [1.54, 1.807) is 0 Å². The topological polar surface area (TPSA) is 41.6 Å². The van der Waals surface area contributed by atoms with Crippen LogP contribution < -0.4 is 10.1 Å². The number of ether oxygens (including phenoxy) is 1. The van der Waals surface area contributed by atoms with Crippen molar-refractivity contribution in [1.82, 2.24) is 10.2 Å². The van der Waals surface area contributed by atoms with E-state index in [-0.39, 0.29) is 24.4 Å². The van der Waals surface area contributed by atoms with Gasteiger partial charge in [0, 0.05) is 18.6 Å². The fourth-order valence-electron chi connectivity index (χ4n) is 3.66. The highest BCUT2D eigenvalue weighted by atomic mass is 35.5. The van der Waals surface area contributed by atoms with Gasteiger partial charge in [-0.05, 0) is 57.4 Å². The first-order valence-corrected chi connectivity index (χ1v) is 8.41. The smallest absolute Gasteiger partial charge is 0.227 e. The second kappa shape index (κ2) is 8.02. The van der Waals surface area contributed by atoms with Gasteiger partial charge < -0.3 is 15.0 Å². The molecule has 2 saturated heterocycles. The highest BCUT2D eigenvalue weighted by Crippen LogP contribution is 2.29. The molecule has 0 aromatic heterocycles. The van der Waals surface area contributed by atoms with E-state index >= 15 is 0 Å². The van der Waals surface area contributed by atoms with E-state index in [0.29, 0.717) is 18.5 Å². The quantitative estimate of drug-likeness (QED) is 0.917. The van der Waals surface area contributed by atoms with E-state index < -0.39 is 0 Å². The van der Waals surface area contributed by atoms with Gasteiger partial charge in [-0.1, -0.05) is 12.1 Å². The molecule has 5 heteroatoms. The number of nitrogens with zero attached hydrogens (tertiary/aromatic N) is 1. The number of carbonyl (C=O) groups excluding carboxylic acids is 1. The number of hydrogen-bond donors (Lipinski definition) is 1. The normalized spacial score (nSPS) is 23.3. The van der Waals surface area contributed by atoms with Gasteiger partial charge >= 0.3 is 0 Å². The predicted molar refractivity (Wildman–Crippen MR) is 94.3 cm³/mol. The average Bonchev–Trinajstić information content (AvgIpc) is 2.71. The standard InChI is InChI=1S/C18H26N2O2.ClH/c1-13(2)22-17-5-3-4-14(10-17)11-18(21)20-15-6-7-16(20)12-19-9-8-15;/h3-5,10,13,15-16,19H,6-9,11-12H2,1-2H3;1H. The van der Waals surface area contributed by atoms with Crippen LogP contribution in [0.3, 0.4) is 0 Å². The molecule has 0 spiro atoms. The fraction of sp³-hybridized carbons (Fsp3) is 0.611. The molecular weight excluding hydrogens is 312 g/mol. The molecule has 1 amide bonds. The summed E-state index contributed by atoms with van der Waals surface area (Å²) in [4.78, 5) is 14.9. The minimum Gasteiger partial charge on any atom is -0.491 e. The van der Waals surface area contributed by atoms with Crippen molar-refractivity contribution in [3.05, 3.63) is 29.8 Å². The van der Waals surface area contributed by atoms with Crippen LogP contribution in [-0.2, 0) is 11.2 Å². The highest BCUT2D eigenvalue weighted by Gasteiger charge is 2.37. The summed E-state index contributed by atoms with van der Waals surface area (Å²) >= 11 is 0. The van der Waals surface area contributed by atoms with Crippen molar-refractivity contribution in [2.24, 2.45) is 0 Å². The molecule has 128 valence electrons. The molecule has 1 aromatic rings. The lowest BCUT2D eigenvalue weighted by molar-refractivity contribution is -0.133. The van der Waals surface area contributed by atoms with E-state index in [1.807, 2.05) is 38.1 Å². The van der Waals surface area contributed by atoms with Gasteiger partial charge in [0.25, 0.3) is 0 Å². The average molecular weight is 339 g/mol. The monoisotopic (exact) mass is 338 g/mol. The minimum absolute atomic E-state index is 0. The summed E-state index contributed by atoms with van der Waals surface area (Å²) in [6.07, 6.45) is 4.01. The van der Waals surface area contributed by atoms with Crippen LogP contribution in [0.2, 0.25) is 0 Å². The summed E-state index contributed by atoms with van der Waals surface area (Å²) in [7, 11) is 0. The van der Waals surface area contributed by atoms with E-state index in [4.69, 9.17) is 4.74 Å². The third-order valence-electron chi connectivity index (χ3n) is 4.57. The number of halogens is 1. The Hall–Kier alpha value is -1.26. The highest BCUT2D eigenvalue weighted by molar-refractivity contribution is 5.85. The van der Waals surface area contributed by atoms with Gasteiger partial charge in [0.15, 0.2) is 0 Å². The first-order valence-electron chi connectivity index (χ1n) is 8.41. The molecule has 2 unspecified atom stereocenters. The molecule has 2 aliphatic rings. The zero-order valence-corrected chi connectivity index (χ0v) is 14.8. The van der Waals surface area contributed by atoms with Gasteiger partial charge in [0.05, 0.1) is 12.5 Å². The van der Waals surface area contributed by atoms with Crippen molar-refractivity contribution in [1.29, 1.82) is 0 Å². The van der Waals surface area contributed by atoms with Crippen LogP contribution in [0.1, 0.15) is 38.7 Å². The van der Waals surface area contributed by atoms with Gasteiger partial charge in [0.2, 0.25) is 5.91 Å². The molecule has 2 bridgehead atoms. The Morgan fingerprint density at radius 1 is 1.30 bits per heavy atom. The summed E-state index contributed by atoms with van der Waals surface area (Å²) in [6.45, 7) is 6.00. The molecule has 2 atom stereocenters. The maximum absolute atomic E-state index is 12.8. The molecule has 1 N–H and O–H groups in total. The Labute approximate surface area is 145 Å². The third kappa shape index (κ3) is 4.39. The number of amides is 1. The number of hydrogen-bond acceptors (Lipinski definition) is 3. The predicted octanol–water partition coefficient (Wildman–Crippen LogP) is 2.79. The van der Waals surface area contributed by atoms with Crippen LogP contribution in [0.5, 0.6) is 5.75 Å². The number of fused-ring (bicyclic) bond motifs is 2. The van der Waals surface area contributed by atoms with Crippen molar-refractivity contribution in [3.63, 3.8) is 0 Å². The van der Waals surface area contributed by atoms with Crippen molar-refractivity contribution < 1.29 is 9.53 Å². The van der Waals surface area contributed by atoms with Crippen LogP contribution in [0.4, 0.5) is 0 Å². The van der Waals surface area contributed by atoms with E-state index in [2.05, 4.69) is 10.2 Å². The lowest BCUT2D eigenvalue weighted by Crippen LogP contribution is -2.43. The Balaban J connectivity index is 0.00000192. The summed E-state index contributed by atoms with van der Waals surface area (Å²) in [5, 5.41) is 3.44. The molecule has 0 radical (unpaired) electrons. The first kappa shape index (κ1) is 18.1.